The van der Waals surface area contributed by atoms with Gasteiger partial charge in [-0.25, -0.2) is 0 Å². The Morgan fingerprint density at radius 2 is 0.774 bits per heavy atom. The third-order valence-electron chi connectivity index (χ3n) is 11.0. The highest BCUT2D eigenvalue weighted by molar-refractivity contribution is 8.00. The van der Waals surface area contributed by atoms with E-state index in [2.05, 4.69) is 159 Å². The summed E-state index contributed by atoms with van der Waals surface area (Å²) in [7, 11) is 0. The fourth-order valence-electron chi connectivity index (χ4n) is 7.99. The molecule has 0 fully saturated rings. The van der Waals surface area contributed by atoms with Gasteiger partial charge in [0, 0.05) is 9.79 Å². The molecule has 0 nitrogen and oxygen atoms in total. The van der Waals surface area contributed by atoms with E-state index in [1.807, 2.05) is 11.8 Å². The van der Waals surface area contributed by atoms with Gasteiger partial charge in [0.25, 0.3) is 0 Å². The molecule has 0 atom stereocenters. The van der Waals surface area contributed by atoms with E-state index in [1.165, 1.54) is 138 Å². The molecule has 0 aliphatic carbocycles. The first-order valence-corrected chi connectivity index (χ1v) is 20.8. The smallest absolute Gasteiger partial charge is 0.0279 e. The first kappa shape index (κ1) is 35.2. The summed E-state index contributed by atoms with van der Waals surface area (Å²) in [4.78, 5) is 2.69. The summed E-state index contributed by atoms with van der Waals surface area (Å²) in [5, 5.41) is 10.4. The topological polar surface area (TPSA) is 0 Å². The van der Waals surface area contributed by atoms with E-state index in [1.54, 1.807) is 0 Å². The highest BCUT2D eigenvalue weighted by atomic mass is 32.2. The van der Waals surface area contributed by atoms with Crippen molar-refractivity contribution < 1.29 is 0 Å². The van der Waals surface area contributed by atoms with Crippen molar-refractivity contribution >= 4 is 54.9 Å². The lowest BCUT2D eigenvalue weighted by Gasteiger charge is -2.19. The Morgan fingerprint density at radius 3 is 1.23 bits per heavy atom. The van der Waals surface area contributed by atoms with Gasteiger partial charge in [0.2, 0.25) is 0 Å². The van der Waals surface area contributed by atoms with Gasteiger partial charge >= 0.3 is 0 Å². The third kappa shape index (κ3) is 7.78. The van der Waals surface area contributed by atoms with Crippen LogP contribution in [0.4, 0.5) is 0 Å². The lowest BCUT2D eigenvalue weighted by Crippen LogP contribution is -1.93. The van der Waals surface area contributed by atoms with Crippen LogP contribution in [-0.4, -0.2) is 0 Å². The molecule has 0 amide bonds. The summed E-state index contributed by atoms with van der Waals surface area (Å²) >= 11 is 1.98. The number of unbranched alkanes of at least 4 members (excludes halogenated alkanes) is 6. The van der Waals surface area contributed by atoms with Crippen LogP contribution in [0.3, 0.4) is 0 Å². The maximum absolute atomic E-state index is 2.51. The minimum absolute atomic E-state index is 1.12. The summed E-state index contributed by atoms with van der Waals surface area (Å²) in [5.74, 6) is 0. The van der Waals surface area contributed by atoms with E-state index in [9.17, 15) is 0 Å². The molecule has 264 valence electrons. The van der Waals surface area contributed by atoms with E-state index in [4.69, 9.17) is 0 Å². The standard InChI is InChI=1S/C52H50S/c1-3-5-7-9-15-37-21-23-41-29-31-47(45-27-25-39-17-11-13-19-43(39)35-45)51(49(41)33-37)53-52-48(46-28-26-40-18-12-14-20-44(40)36-46)32-30-42-24-22-38(34-50(42)52)16-10-8-6-4-2/h11-14,17-36H,3-10,15-16H2,1-2H3. The highest BCUT2D eigenvalue weighted by Crippen LogP contribution is 2.48. The molecular weight excluding hydrogens is 657 g/mol. The summed E-state index contributed by atoms with van der Waals surface area (Å²) in [5.41, 5.74) is 8.01. The Balaban J connectivity index is 1.34. The van der Waals surface area contributed by atoms with E-state index >= 15 is 0 Å². The minimum Gasteiger partial charge on any atom is -0.0875 e. The zero-order valence-corrected chi connectivity index (χ0v) is 32.2. The number of rotatable bonds is 14. The molecule has 0 aliphatic rings. The summed E-state index contributed by atoms with van der Waals surface area (Å²) in [6.07, 6.45) is 12.4. The molecule has 8 aromatic rings. The summed E-state index contributed by atoms with van der Waals surface area (Å²) < 4.78 is 0. The first-order chi connectivity index (χ1) is 26.2. The number of hydrogen-bond donors (Lipinski definition) is 0. The van der Waals surface area contributed by atoms with Gasteiger partial charge < -0.3 is 0 Å². The molecule has 0 unspecified atom stereocenters. The lowest BCUT2D eigenvalue weighted by atomic mass is 9.96. The van der Waals surface area contributed by atoms with Crippen LogP contribution in [0.25, 0.3) is 65.3 Å². The van der Waals surface area contributed by atoms with Gasteiger partial charge in [-0.1, -0.05) is 185 Å². The molecule has 0 N–H and O–H groups in total. The zero-order valence-electron chi connectivity index (χ0n) is 31.3. The molecule has 0 radical (unpaired) electrons. The molecule has 0 spiro atoms. The molecular formula is C52H50S. The molecule has 53 heavy (non-hydrogen) atoms. The predicted octanol–water partition coefficient (Wildman–Crippen LogP) is 16.0. The Morgan fingerprint density at radius 1 is 0.358 bits per heavy atom. The number of benzene rings is 8. The molecule has 1 heteroatoms. The highest BCUT2D eigenvalue weighted by Gasteiger charge is 2.18. The van der Waals surface area contributed by atoms with Crippen molar-refractivity contribution in [2.24, 2.45) is 0 Å². The van der Waals surface area contributed by atoms with Crippen LogP contribution in [0.5, 0.6) is 0 Å². The Bertz CT molecular complexity index is 2350. The Hall–Kier alpha value is -4.85. The SMILES string of the molecule is CCCCCCc1ccc2ccc(-c3ccc4ccccc4c3)c(Sc3c(-c4ccc5ccccc5c4)ccc4ccc(CCCCCC)cc34)c2c1. The average molecular weight is 707 g/mol. The van der Waals surface area contributed by atoms with Crippen LogP contribution in [0, 0.1) is 0 Å². The van der Waals surface area contributed by atoms with E-state index in [-0.39, 0.29) is 0 Å². The quantitative estimate of drug-likeness (QED) is 0.101. The maximum atomic E-state index is 2.51. The molecule has 0 aromatic heterocycles. The molecule has 0 saturated heterocycles. The monoisotopic (exact) mass is 706 g/mol. The third-order valence-corrected chi connectivity index (χ3v) is 12.3. The van der Waals surface area contributed by atoms with Crippen molar-refractivity contribution in [1.29, 1.82) is 0 Å². The van der Waals surface area contributed by atoms with E-state index in [0.29, 0.717) is 0 Å². The summed E-state index contributed by atoms with van der Waals surface area (Å²) in [6.45, 7) is 4.59. The fraction of sp³-hybridized carbons (Fsp3) is 0.231. The van der Waals surface area contributed by atoms with Crippen LogP contribution in [0.15, 0.2) is 155 Å². The van der Waals surface area contributed by atoms with Gasteiger partial charge in [0.1, 0.15) is 0 Å². The van der Waals surface area contributed by atoms with E-state index < -0.39 is 0 Å². The second kappa shape index (κ2) is 16.4. The number of fused-ring (bicyclic) bond motifs is 4. The van der Waals surface area contributed by atoms with Crippen molar-refractivity contribution in [2.75, 3.05) is 0 Å². The van der Waals surface area contributed by atoms with Gasteiger partial charge in [0.05, 0.1) is 0 Å². The predicted molar refractivity (Wildman–Crippen MR) is 234 cm³/mol. The van der Waals surface area contributed by atoms with Gasteiger partial charge in [0.15, 0.2) is 0 Å². The molecule has 8 aromatic carbocycles. The van der Waals surface area contributed by atoms with Crippen molar-refractivity contribution in [3.63, 3.8) is 0 Å². The first-order valence-electron chi connectivity index (χ1n) is 20.0. The van der Waals surface area contributed by atoms with Crippen molar-refractivity contribution in [3.8, 4) is 22.3 Å². The molecule has 0 bridgehead atoms. The van der Waals surface area contributed by atoms with E-state index in [0.717, 1.165) is 12.8 Å². The Kier molecular flexibility index (Phi) is 10.9. The second-order valence-electron chi connectivity index (χ2n) is 14.8. The van der Waals surface area contributed by atoms with Crippen LogP contribution >= 0.6 is 11.8 Å². The normalized spacial score (nSPS) is 11.7. The van der Waals surface area contributed by atoms with Gasteiger partial charge in [-0.3, -0.25) is 0 Å². The fourth-order valence-corrected chi connectivity index (χ4v) is 9.36. The van der Waals surface area contributed by atoms with Gasteiger partial charge in [-0.2, -0.15) is 0 Å². The van der Waals surface area contributed by atoms with Crippen LogP contribution in [-0.2, 0) is 12.8 Å². The number of aryl methyl sites for hydroxylation is 2. The van der Waals surface area contributed by atoms with Crippen LogP contribution in [0.2, 0.25) is 0 Å². The van der Waals surface area contributed by atoms with Crippen molar-refractivity contribution in [3.05, 3.63) is 157 Å². The number of hydrogen-bond acceptors (Lipinski definition) is 1. The molecule has 0 heterocycles. The minimum atomic E-state index is 1.12. The maximum Gasteiger partial charge on any atom is 0.0279 e. The molecule has 8 rings (SSSR count). The molecule has 0 aliphatic heterocycles. The van der Waals surface area contributed by atoms with Crippen molar-refractivity contribution in [1.82, 2.24) is 0 Å². The average Bonchev–Trinajstić information content (AvgIpc) is 3.21. The van der Waals surface area contributed by atoms with Gasteiger partial charge in [-0.05, 0) is 126 Å². The lowest BCUT2D eigenvalue weighted by molar-refractivity contribution is 0.667. The van der Waals surface area contributed by atoms with Crippen LogP contribution in [0.1, 0.15) is 76.3 Å². The second-order valence-corrected chi connectivity index (χ2v) is 15.9. The molecule has 0 saturated carbocycles. The summed E-state index contributed by atoms with van der Waals surface area (Å²) in [6, 6.07) is 55.4. The van der Waals surface area contributed by atoms with Crippen molar-refractivity contribution in [2.45, 2.75) is 87.8 Å². The van der Waals surface area contributed by atoms with Gasteiger partial charge in [-0.15, -0.1) is 0 Å². The van der Waals surface area contributed by atoms with Crippen LogP contribution < -0.4 is 0 Å². The Labute approximate surface area is 320 Å². The zero-order chi connectivity index (χ0) is 36.0. The largest absolute Gasteiger partial charge is 0.0875 e.